The van der Waals surface area contributed by atoms with E-state index in [2.05, 4.69) is 5.32 Å². The van der Waals surface area contributed by atoms with Crippen molar-refractivity contribution in [3.05, 3.63) is 39.5 Å². The molecule has 0 aliphatic heterocycles. The molecule has 0 atom stereocenters. The summed E-state index contributed by atoms with van der Waals surface area (Å²) in [7, 11) is 0. The van der Waals surface area contributed by atoms with Crippen LogP contribution in [0.2, 0.25) is 10.0 Å². The molecule has 0 saturated carbocycles. The van der Waals surface area contributed by atoms with E-state index in [1.165, 1.54) is 6.07 Å². The first-order valence-electron chi connectivity index (χ1n) is 6.57. The lowest BCUT2D eigenvalue weighted by Crippen LogP contribution is -2.33. The Balaban J connectivity index is 2.65. The van der Waals surface area contributed by atoms with Crippen LogP contribution in [-0.4, -0.2) is 25.1 Å². The second-order valence-electron chi connectivity index (χ2n) is 4.51. The predicted octanol–water partition coefficient (Wildman–Crippen LogP) is 3.35. The molecule has 1 rings (SSSR count). The van der Waals surface area contributed by atoms with Crippen LogP contribution in [0.3, 0.4) is 0 Å². The van der Waals surface area contributed by atoms with Gasteiger partial charge in [-0.1, -0.05) is 23.2 Å². The van der Waals surface area contributed by atoms with Crippen molar-refractivity contribution in [2.45, 2.75) is 20.8 Å². The van der Waals surface area contributed by atoms with Crippen molar-refractivity contribution >= 4 is 35.1 Å². The lowest BCUT2D eigenvalue weighted by molar-refractivity contribution is -0.140. The van der Waals surface area contributed by atoms with Crippen LogP contribution in [0, 0.1) is 0 Å². The molecule has 5 nitrogen and oxygen atoms in total. The summed E-state index contributed by atoms with van der Waals surface area (Å²) < 4.78 is 10.2. The van der Waals surface area contributed by atoms with Gasteiger partial charge in [-0.25, -0.2) is 4.79 Å². The summed E-state index contributed by atoms with van der Waals surface area (Å²) in [5.74, 6) is -0.744. The lowest BCUT2D eigenvalue weighted by Gasteiger charge is -2.12. The third-order valence-electron chi connectivity index (χ3n) is 2.50. The molecule has 0 heterocycles. The van der Waals surface area contributed by atoms with Gasteiger partial charge in [-0.05, 0) is 44.5 Å². The van der Waals surface area contributed by atoms with E-state index in [0.717, 1.165) is 0 Å². The summed E-state index contributed by atoms with van der Waals surface area (Å²) >= 11 is 11.7. The molecule has 1 N–H and O–H groups in total. The van der Waals surface area contributed by atoms with Gasteiger partial charge < -0.3 is 14.8 Å². The van der Waals surface area contributed by atoms with E-state index in [9.17, 15) is 9.59 Å². The summed E-state index contributed by atoms with van der Waals surface area (Å²) in [6.45, 7) is 5.01. The summed E-state index contributed by atoms with van der Waals surface area (Å²) in [5, 5.41) is 3.24. The molecule has 1 aromatic carbocycles. The highest BCUT2D eigenvalue weighted by Crippen LogP contribution is 2.27. The van der Waals surface area contributed by atoms with Crippen molar-refractivity contribution in [1.82, 2.24) is 5.32 Å². The van der Waals surface area contributed by atoms with Crippen molar-refractivity contribution in [1.29, 1.82) is 0 Å². The van der Waals surface area contributed by atoms with E-state index in [1.54, 1.807) is 32.9 Å². The Morgan fingerprint density at radius 2 is 1.91 bits per heavy atom. The van der Waals surface area contributed by atoms with Gasteiger partial charge in [0.2, 0.25) is 0 Å². The zero-order valence-electron chi connectivity index (χ0n) is 12.5. The van der Waals surface area contributed by atoms with Crippen LogP contribution in [0.25, 0.3) is 0 Å². The van der Waals surface area contributed by atoms with Gasteiger partial charge in [0, 0.05) is 5.02 Å². The van der Waals surface area contributed by atoms with Crippen LogP contribution in [0.15, 0.2) is 29.5 Å². The van der Waals surface area contributed by atoms with E-state index in [-0.39, 0.29) is 18.9 Å². The number of hydrogen-bond acceptors (Lipinski definition) is 4. The number of halogens is 2. The highest BCUT2D eigenvalue weighted by atomic mass is 35.5. The molecule has 0 bridgehead atoms. The molecule has 22 heavy (non-hydrogen) atoms. The Kier molecular flexibility index (Phi) is 7.21. The molecule has 0 spiro atoms. The number of carbonyl (C=O) groups excluding carboxylic acids is 2. The fourth-order valence-corrected chi connectivity index (χ4v) is 1.96. The van der Waals surface area contributed by atoms with Crippen molar-refractivity contribution in [3.8, 4) is 5.75 Å². The maximum atomic E-state index is 11.9. The van der Waals surface area contributed by atoms with Gasteiger partial charge in [-0.15, -0.1) is 0 Å². The number of benzene rings is 1. The Hall–Kier alpha value is -1.72. The molecule has 0 radical (unpaired) electrons. The molecule has 0 fully saturated rings. The Morgan fingerprint density at radius 3 is 2.45 bits per heavy atom. The van der Waals surface area contributed by atoms with Gasteiger partial charge in [0.25, 0.3) is 5.91 Å². The largest absolute Gasteiger partial charge is 0.482 e. The summed E-state index contributed by atoms with van der Waals surface area (Å²) in [6.07, 6.45) is 0. The first-order chi connectivity index (χ1) is 10.3. The van der Waals surface area contributed by atoms with Gasteiger partial charge in [0.15, 0.2) is 6.61 Å². The maximum Gasteiger partial charge on any atom is 0.354 e. The number of esters is 1. The van der Waals surface area contributed by atoms with Crippen LogP contribution >= 0.6 is 23.2 Å². The zero-order valence-corrected chi connectivity index (χ0v) is 14.0. The second kappa shape index (κ2) is 8.66. The molecule has 0 aliphatic rings. The fourth-order valence-electron chi connectivity index (χ4n) is 1.49. The second-order valence-corrected chi connectivity index (χ2v) is 5.35. The van der Waals surface area contributed by atoms with Crippen molar-refractivity contribution < 1.29 is 19.1 Å². The Bertz CT molecular complexity index is 595. The van der Waals surface area contributed by atoms with Crippen LogP contribution in [-0.2, 0) is 14.3 Å². The molecule has 120 valence electrons. The van der Waals surface area contributed by atoms with Crippen LogP contribution in [0.1, 0.15) is 20.8 Å². The predicted molar refractivity (Wildman–Crippen MR) is 85.1 cm³/mol. The van der Waals surface area contributed by atoms with Crippen LogP contribution in [0.5, 0.6) is 5.75 Å². The minimum absolute atomic E-state index is 0.109. The summed E-state index contributed by atoms with van der Waals surface area (Å²) in [4.78, 5) is 23.6. The fraction of sp³-hybridized carbons (Fsp3) is 0.333. The number of amides is 1. The number of hydrogen-bond donors (Lipinski definition) is 1. The van der Waals surface area contributed by atoms with Gasteiger partial charge in [0.05, 0.1) is 11.6 Å². The number of rotatable bonds is 6. The standard InChI is InChI=1S/C15H17Cl2NO4/c1-4-21-15(20)14(9(2)3)18-13(19)8-22-12-6-5-10(16)7-11(12)17/h5-7H,4,8H2,1-3H3,(H,18,19). The van der Waals surface area contributed by atoms with Crippen molar-refractivity contribution in [3.63, 3.8) is 0 Å². The van der Waals surface area contributed by atoms with E-state index < -0.39 is 11.9 Å². The molecule has 7 heteroatoms. The van der Waals surface area contributed by atoms with E-state index >= 15 is 0 Å². The molecule has 1 aromatic rings. The van der Waals surface area contributed by atoms with E-state index in [4.69, 9.17) is 32.7 Å². The zero-order chi connectivity index (χ0) is 16.7. The number of carbonyl (C=O) groups is 2. The van der Waals surface area contributed by atoms with Gasteiger partial charge in [-0.2, -0.15) is 0 Å². The summed E-state index contributed by atoms with van der Waals surface area (Å²) in [5.41, 5.74) is 0.744. The molecule has 0 aliphatic carbocycles. The molecule has 0 aromatic heterocycles. The molecule has 1 amide bonds. The minimum atomic E-state index is -0.583. The average molecular weight is 346 g/mol. The van der Waals surface area contributed by atoms with Crippen LogP contribution < -0.4 is 10.1 Å². The number of nitrogens with one attached hydrogen (secondary N) is 1. The Morgan fingerprint density at radius 1 is 1.23 bits per heavy atom. The quantitative estimate of drug-likeness (QED) is 0.634. The number of ether oxygens (including phenoxy) is 2. The highest BCUT2D eigenvalue weighted by Gasteiger charge is 2.16. The molecular weight excluding hydrogens is 329 g/mol. The first-order valence-corrected chi connectivity index (χ1v) is 7.33. The van der Waals surface area contributed by atoms with Gasteiger partial charge in [-0.3, -0.25) is 4.79 Å². The topological polar surface area (TPSA) is 64.6 Å². The molecule has 0 unspecified atom stereocenters. The van der Waals surface area contributed by atoms with Crippen molar-refractivity contribution in [2.24, 2.45) is 0 Å². The molecule has 0 saturated heterocycles. The van der Waals surface area contributed by atoms with Crippen LogP contribution in [0.4, 0.5) is 0 Å². The number of allylic oxidation sites excluding steroid dienone is 1. The minimum Gasteiger partial charge on any atom is -0.482 e. The summed E-state index contributed by atoms with van der Waals surface area (Å²) in [6, 6.07) is 4.67. The van der Waals surface area contributed by atoms with Crippen molar-refractivity contribution in [2.75, 3.05) is 13.2 Å². The maximum absolute atomic E-state index is 11.9. The Labute approximate surface area is 139 Å². The lowest BCUT2D eigenvalue weighted by atomic mass is 10.2. The first kappa shape index (κ1) is 18.3. The average Bonchev–Trinajstić information content (AvgIpc) is 2.43. The monoisotopic (exact) mass is 345 g/mol. The van der Waals surface area contributed by atoms with E-state index in [0.29, 0.717) is 21.4 Å². The third-order valence-corrected chi connectivity index (χ3v) is 3.03. The SMILES string of the molecule is CCOC(=O)C(NC(=O)COc1ccc(Cl)cc1Cl)=C(C)C. The molecular formula is C15H17Cl2NO4. The normalized spacial score (nSPS) is 9.86. The smallest absolute Gasteiger partial charge is 0.354 e. The highest BCUT2D eigenvalue weighted by molar-refractivity contribution is 6.35. The van der Waals surface area contributed by atoms with E-state index in [1.807, 2.05) is 0 Å². The third kappa shape index (κ3) is 5.58. The van der Waals surface area contributed by atoms with Gasteiger partial charge in [0.1, 0.15) is 11.4 Å². The van der Waals surface area contributed by atoms with Gasteiger partial charge >= 0.3 is 5.97 Å².